The van der Waals surface area contributed by atoms with Gasteiger partial charge in [0.25, 0.3) is 0 Å². The average molecular weight is 285 g/mol. The van der Waals surface area contributed by atoms with Crippen LogP contribution in [0.3, 0.4) is 0 Å². The third kappa shape index (κ3) is 2.81. The number of ether oxygens (including phenoxy) is 1. The summed E-state index contributed by atoms with van der Waals surface area (Å²) in [5, 5.41) is 5.79. The lowest BCUT2D eigenvalue weighted by molar-refractivity contribution is 0.332. The molecule has 0 amide bonds. The second-order valence-electron chi connectivity index (χ2n) is 6.01. The van der Waals surface area contributed by atoms with Crippen LogP contribution in [0, 0.1) is 5.41 Å². The fourth-order valence-corrected chi connectivity index (χ4v) is 3.26. The molecule has 0 atom stereocenters. The molecule has 0 saturated heterocycles. The summed E-state index contributed by atoms with van der Waals surface area (Å²) in [6.07, 6.45) is 6.85. The monoisotopic (exact) mass is 285 g/mol. The Morgan fingerprint density at radius 2 is 2.10 bits per heavy atom. The van der Waals surface area contributed by atoms with Crippen LogP contribution in [0.15, 0.2) is 30.5 Å². The smallest absolute Gasteiger partial charge is 0.133 e. The molecule has 1 aliphatic carbocycles. The maximum Gasteiger partial charge on any atom is 0.133 e. The van der Waals surface area contributed by atoms with Gasteiger partial charge in [0.2, 0.25) is 0 Å². The van der Waals surface area contributed by atoms with Crippen molar-refractivity contribution in [1.29, 1.82) is 0 Å². The van der Waals surface area contributed by atoms with Crippen LogP contribution in [0.2, 0.25) is 0 Å². The Balaban J connectivity index is 1.86. The van der Waals surface area contributed by atoms with Gasteiger partial charge in [0, 0.05) is 18.1 Å². The van der Waals surface area contributed by atoms with E-state index in [9.17, 15) is 0 Å². The molecule has 4 nitrogen and oxygen atoms in total. The summed E-state index contributed by atoms with van der Waals surface area (Å²) in [5.41, 5.74) is 6.25. The lowest BCUT2D eigenvalue weighted by Gasteiger charge is -2.27. The molecule has 1 aromatic heterocycles. The second-order valence-corrected chi connectivity index (χ2v) is 6.01. The first-order chi connectivity index (χ1) is 10.3. The molecule has 0 bridgehead atoms. The van der Waals surface area contributed by atoms with Gasteiger partial charge in [-0.25, -0.2) is 4.98 Å². The van der Waals surface area contributed by atoms with E-state index < -0.39 is 0 Å². The van der Waals surface area contributed by atoms with E-state index in [1.54, 1.807) is 7.11 Å². The Hall–Kier alpha value is -1.81. The van der Waals surface area contributed by atoms with Gasteiger partial charge in [-0.15, -0.1) is 0 Å². The fourth-order valence-electron chi connectivity index (χ4n) is 3.26. The predicted octanol–water partition coefficient (Wildman–Crippen LogP) is 3.17. The molecule has 0 aliphatic heterocycles. The standard InChI is InChI=1S/C17H23N3O/c1-21-14-5-4-13-6-9-19-16(15(13)10-14)20-12-17(11-18)7-2-3-8-17/h4-6,9-10H,2-3,7-8,11-12,18H2,1H3,(H,19,20). The van der Waals surface area contributed by atoms with E-state index >= 15 is 0 Å². The minimum atomic E-state index is 0.239. The number of rotatable bonds is 5. The molecule has 1 saturated carbocycles. The van der Waals surface area contributed by atoms with Crippen molar-refractivity contribution in [2.45, 2.75) is 25.7 Å². The number of methoxy groups -OCH3 is 1. The van der Waals surface area contributed by atoms with Crippen molar-refractivity contribution in [3.05, 3.63) is 30.5 Å². The van der Waals surface area contributed by atoms with Crippen LogP contribution >= 0.6 is 0 Å². The normalized spacial score (nSPS) is 17.0. The molecule has 1 aliphatic rings. The molecule has 3 rings (SSSR count). The summed E-state index contributed by atoms with van der Waals surface area (Å²) < 4.78 is 5.32. The number of hydrogen-bond acceptors (Lipinski definition) is 4. The van der Waals surface area contributed by atoms with Crippen LogP contribution in [0.25, 0.3) is 10.8 Å². The van der Waals surface area contributed by atoms with Crippen molar-refractivity contribution in [1.82, 2.24) is 4.98 Å². The van der Waals surface area contributed by atoms with Gasteiger partial charge in [0.05, 0.1) is 7.11 Å². The highest BCUT2D eigenvalue weighted by molar-refractivity contribution is 5.92. The van der Waals surface area contributed by atoms with Crippen LogP contribution in [-0.4, -0.2) is 25.2 Å². The average Bonchev–Trinajstić information content (AvgIpc) is 3.02. The topological polar surface area (TPSA) is 60.2 Å². The summed E-state index contributed by atoms with van der Waals surface area (Å²) in [5.74, 6) is 1.78. The van der Waals surface area contributed by atoms with Crippen LogP contribution in [-0.2, 0) is 0 Å². The Kier molecular flexibility index (Phi) is 3.97. The lowest BCUT2D eigenvalue weighted by atomic mass is 9.86. The van der Waals surface area contributed by atoms with Crippen molar-refractivity contribution in [2.24, 2.45) is 11.1 Å². The minimum Gasteiger partial charge on any atom is -0.497 e. The SMILES string of the molecule is COc1ccc2ccnc(NCC3(CN)CCCC3)c2c1. The molecule has 3 N–H and O–H groups in total. The number of fused-ring (bicyclic) bond motifs is 1. The van der Waals surface area contributed by atoms with Gasteiger partial charge in [0.15, 0.2) is 0 Å². The Bertz CT molecular complexity index is 620. The number of nitrogens with zero attached hydrogens (tertiary/aromatic N) is 1. The molecule has 1 aromatic carbocycles. The van der Waals surface area contributed by atoms with Gasteiger partial charge in [-0.1, -0.05) is 18.9 Å². The van der Waals surface area contributed by atoms with Crippen LogP contribution in [0.5, 0.6) is 5.75 Å². The second kappa shape index (κ2) is 5.90. The maximum absolute atomic E-state index is 6.01. The summed E-state index contributed by atoms with van der Waals surface area (Å²) in [4.78, 5) is 4.50. The van der Waals surface area contributed by atoms with E-state index in [0.29, 0.717) is 0 Å². The predicted molar refractivity (Wildman–Crippen MR) is 86.7 cm³/mol. The van der Waals surface area contributed by atoms with E-state index in [4.69, 9.17) is 10.5 Å². The molecule has 1 fully saturated rings. The van der Waals surface area contributed by atoms with Crippen molar-refractivity contribution >= 4 is 16.6 Å². The molecular weight excluding hydrogens is 262 g/mol. The third-order valence-corrected chi connectivity index (χ3v) is 4.70. The van der Waals surface area contributed by atoms with E-state index in [0.717, 1.165) is 30.0 Å². The molecule has 0 unspecified atom stereocenters. The Morgan fingerprint density at radius 3 is 2.81 bits per heavy atom. The molecule has 0 spiro atoms. The first kappa shape index (κ1) is 14.1. The first-order valence-corrected chi connectivity index (χ1v) is 7.63. The minimum absolute atomic E-state index is 0.239. The highest BCUT2D eigenvalue weighted by Crippen LogP contribution is 2.37. The zero-order valence-electron chi connectivity index (χ0n) is 12.6. The molecule has 112 valence electrons. The van der Waals surface area contributed by atoms with Gasteiger partial charge >= 0.3 is 0 Å². The number of pyridine rings is 1. The third-order valence-electron chi connectivity index (χ3n) is 4.70. The van der Waals surface area contributed by atoms with Gasteiger partial charge in [-0.3, -0.25) is 0 Å². The van der Waals surface area contributed by atoms with Crippen molar-refractivity contribution < 1.29 is 4.74 Å². The van der Waals surface area contributed by atoms with Gasteiger partial charge in [0.1, 0.15) is 11.6 Å². The molecule has 0 radical (unpaired) electrons. The lowest BCUT2D eigenvalue weighted by Crippen LogP contribution is -2.34. The van der Waals surface area contributed by atoms with Crippen LogP contribution in [0.1, 0.15) is 25.7 Å². The molecule has 2 aromatic rings. The molecule has 4 heteroatoms. The highest BCUT2D eigenvalue weighted by Gasteiger charge is 2.32. The number of hydrogen-bond donors (Lipinski definition) is 2. The van der Waals surface area contributed by atoms with Crippen molar-refractivity contribution in [2.75, 3.05) is 25.5 Å². The van der Waals surface area contributed by atoms with Crippen LogP contribution in [0.4, 0.5) is 5.82 Å². The van der Waals surface area contributed by atoms with Crippen molar-refractivity contribution in [3.63, 3.8) is 0 Å². The quantitative estimate of drug-likeness (QED) is 0.886. The number of benzene rings is 1. The van der Waals surface area contributed by atoms with Crippen LogP contribution < -0.4 is 15.8 Å². The zero-order valence-corrected chi connectivity index (χ0v) is 12.6. The zero-order chi connectivity index (χ0) is 14.7. The number of anilines is 1. The number of nitrogens with one attached hydrogen (secondary N) is 1. The summed E-state index contributed by atoms with van der Waals surface area (Å²) >= 11 is 0. The first-order valence-electron chi connectivity index (χ1n) is 7.63. The van der Waals surface area contributed by atoms with Crippen molar-refractivity contribution in [3.8, 4) is 5.75 Å². The largest absolute Gasteiger partial charge is 0.497 e. The van der Waals surface area contributed by atoms with Gasteiger partial charge in [-0.2, -0.15) is 0 Å². The van der Waals surface area contributed by atoms with Gasteiger partial charge < -0.3 is 15.8 Å². The highest BCUT2D eigenvalue weighted by atomic mass is 16.5. The summed E-state index contributed by atoms with van der Waals surface area (Å²) in [6.45, 7) is 1.64. The Morgan fingerprint density at radius 1 is 1.29 bits per heavy atom. The number of nitrogens with two attached hydrogens (primary N) is 1. The number of aromatic nitrogens is 1. The summed E-state index contributed by atoms with van der Waals surface area (Å²) in [6, 6.07) is 8.10. The maximum atomic E-state index is 6.01. The van der Waals surface area contributed by atoms with E-state index in [2.05, 4.69) is 16.4 Å². The Labute approximate surface area is 125 Å². The molecular formula is C17H23N3O. The molecule has 21 heavy (non-hydrogen) atoms. The van der Waals surface area contributed by atoms with Gasteiger partial charge in [-0.05, 0) is 48.4 Å². The fraction of sp³-hybridized carbons (Fsp3) is 0.471. The van der Waals surface area contributed by atoms with E-state index in [1.807, 2.05) is 24.4 Å². The molecule has 1 heterocycles. The van der Waals surface area contributed by atoms with E-state index in [1.165, 1.54) is 31.1 Å². The summed E-state index contributed by atoms with van der Waals surface area (Å²) in [7, 11) is 1.69. The van der Waals surface area contributed by atoms with E-state index in [-0.39, 0.29) is 5.41 Å².